The summed E-state index contributed by atoms with van der Waals surface area (Å²) in [6.45, 7) is 6.55. The molecule has 1 aromatic rings. The second-order valence-electron chi connectivity index (χ2n) is 4.73. The Kier molecular flexibility index (Phi) is 4.25. The predicted molar refractivity (Wildman–Crippen MR) is 75.4 cm³/mol. The van der Waals surface area contributed by atoms with Crippen molar-refractivity contribution in [2.75, 3.05) is 13.1 Å². The number of halogens is 1. The van der Waals surface area contributed by atoms with Crippen molar-refractivity contribution in [2.24, 2.45) is 5.92 Å². The third-order valence-electron chi connectivity index (χ3n) is 3.60. The maximum atomic E-state index is 6.12. The third kappa shape index (κ3) is 2.91. The molecule has 0 amide bonds. The van der Waals surface area contributed by atoms with E-state index in [9.17, 15) is 0 Å². The van der Waals surface area contributed by atoms with Gasteiger partial charge in [-0.1, -0.05) is 23.7 Å². The number of allylic oxidation sites excluding steroid dienone is 2. The Hall–Kier alpha value is -0.790. The minimum Gasteiger partial charge on any atom is -0.317 e. The molecule has 1 aliphatic rings. The summed E-state index contributed by atoms with van der Waals surface area (Å²) in [6.07, 6.45) is 4.71. The molecule has 1 saturated heterocycles. The number of benzene rings is 1. The lowest BCUT2D eigenvalue weighted by Crippen LogP contribution is -2.28. The Morgan fingerprint density at radius 3 is 2.71 bits per heavy atom. The van der Waals surface area contributed by atoms with E-state index in [-0.39, 0.29) is 0 Å². The van der Waals surface area contributed by atoms with Crippen molar-refractivity contribution in [1.82, 2.24) is 5.32 Å². The van der Waals surface area contributed by atoms with Crippen LogP contribution in [-0.2, 0) is 0 Å². The topological polar surface area (TPSA) is 12.0 Å². The molecule has 0 saturated carbocycles. The van der Waals surface area contributed by atoms with Crippen LogP contribution < -0.4 is 5.32 Å². The van der Waals surface area contributed by atoms with Gasteiger partial charge in [-0.05, 0) is 74.5 Å². The zero-order valence-corrected chi connectivity index (χ0v) is 11.3. The second-order valence-corrected chi connectivity index (χ2v) is 5.16. The summed E-state index contributed by atoms with van der Waals surface area (Å²) < 4.78 is 0. The summed E-state index contributed by atoms with van der Waals surface area (Å²) in [7, 11) is 0. The van der Waals surface area contributed by atoms with Gasteiger partial charge in [-0.15, -0.1) is 0 Å². The molecule has 92 valence electrons. The summed E-state index contributed by atoms with van der Waals surface area (Å²) in [6, 6.07) is 6.19. The van der Waals surface area contributed by atoms with Crippen LogP contribution in [0, 0.1) is 12.8 Å². The van der Waals surface area contributed by atoms with E-state index in [1.807, 2.05) is 6.07 Å². The quantitative estimate of drug-likeness (QED) is 0.834. The largest absolute Gasteiger partial charge is 0.317 e. The fraction of sp³-hybridized carbons (Fsp3) is 0.467. The van der Waals surface area contributed by atoms with Gasteiger partial charge < -0.3 is 5.32 Å². The van der Waals surface area contributed by atoms with Crippen LogP contribution in [0.2, 0.25) is 5.02 Å². The summed E-state index contributed by atoms with van der Waals surface area (Å²) >= 11 is 6.12. The number of hydrogen-bond acceptors (Lipinski definition) is 1. The first-order valence-electron chi connectivity index (χ1n) is 6.36. The lowest BCUT2D eigenvalue weighted by Gasteiger charge is -2.26. The normalized spacial score (nSPS) is 18.4. The van der Waals surface area contributed by atoms with Gasteiger partial charge in [0.05, 0.1) is 0 Å². The van der Waals surface area contributed by atoms with E-state index in [1.165, 1.54) is 29.5 Å². The van der Waals surface area contributed by atoms with Crippen LogP contribution in [0.5, 0.6) is 0 Å². The number of rotatable bonds is 2. The van der Waals surface area contributed by atoms with E-state index < -0.39 is 0 Å². The SMILES string of the molecule is C/C=C(\c1cc(Cl)ccc1C)C1CCNCC1. The van der Waals surface area contributed by atoms with Gasteiger partial charge in [0, 0.05) is 5.02 Å². The fourth-order valence-electron chi connectivity index (χ4n) is 2.65. The van der Waals surface area contributed by atoms with Crippen molar-refractivity contribution in [3.05, 3.63) is 40.4 Å². The maximum absolute atomic E-state index is 6.12. The first-order chi connectivity index (χ1) is 8.22. The third-order valence-corrected chi connectivity index (χ3v) is 3.84. The number of hydrogen-bond donors (Lipinski definition) is 1. The lowest BCUT2D eigenvalue weighted by atomic mass is 9.84. The van der Waals surface area contributed by atoms with Gasteiger partial charge in [0.15, 0.2) is 0 Å². The molecule has 0 aliphatic carbocycles. The molecule has 1 nitrogen and oxygen atoms in total. The molecule has 2 rings (SSSR count). The van der Waals surface area contributed by atoms with Crippen LogP contribution >= 0.6 is 11.6 Å². The molecule has 0 spiro atoms. The highest BCUT2D eigenvalue weighted by Gasteiger charge is 2.19. The minimum atomic E-state index is 0.679. The molecule has 0 unspecified atom stereocenters. The molecular formula is C15H20ClN. The van der Waals surface area contributed by atoms with Crippen molar-refractivity contribution in [1.29, 1.82) is 0 Å². The van der Waals surface area contributed by atoms with Crippen LogP contribution in [0.25, 0.3) is 5.57 Å². The van der Waals surface area contributed by atoms with Crippen LogP contribution in [0.4, 0.5) is 0 Å². The summed E-state index contributed by atoms with van der Waals surface area (Å²) in [5, 5.41) is 4.25. The van der Waals surface area contributed by atoms with Crippen molar-refractivity contribution in [3.63, 3.8) is 0 Å². The first-order valence-corrected chi connectivity index (χ1v) is 6.73. The van der Waals surface area contributed by atoms with E-state index in [4.69, 9.17) is 11.6 Å². The van der Waals surface area contributed by atoms with Gasteiger partial charge in [0.25, 0.3) is 0 Å². The van der Waals surface area contributed by atoms with E-state index in [0.29, 0.717) is 5.92 Å². The number of piperidine rings is 1. The number of aryl methyl sites for hydroxylation is 1. The molecule has 0 radical (unpaired) electrons. The van der Waals surface area contributed by atoms with Gasteiger partial charge in [0.2, 0.25) is 0 Å². The molecule has 1 heterocycles. The van der Waals surface area contributed by atoms with Crippen LogP contribution in [0.15, 0.2) is 24.3 Å². The van der Waals surface area contributed by atoms with Crippen LogP contribution in [-0.4, -0.2) is 13.1 Å². The summed E-state index contributed by atoms with van der Waals surface area (Å²) in [4.78, 5) is 0. The van der Waals surface area contributed by atoms with Crippen molar-refractivity contribution >= 4 is 17.2 Å². The molecule has 1 aromatic carbocycles. The highest BCUT2D eigenvalue weighted by molar-refractivity contribution is 6.30. The molecule has 0 aromatic heterocycles. The Morgan fingerprint density at radius 1 is 1.35 bits per heavy atom. The zero-order valence-electron chi connectivity index (χ0n) is 10.6. The molecule has 1 fully saturated rings. The van der Waals surface area contributed by atoms with Crippen molar-refractivity contribution in [2.45, 2.75) is 26.7 Å². The van der Waals surface area contributed by atoms with E-state index >= 15 is 0 Å². The second kappa shape index (κ2) is 5.70. The fourth-order valence-corrected chi connectivity index (χ4v) is 2.82. The molecule has 0 bridgehead atoms. The first kappa shape index (κ1) is 12.7. The van der Waals surface area contributed by atoms with Gasteiger partial charge >= 0.3 is 0 Å². The average molecular weight is 250 g/mol. The smallest absolute Gasteiger partial charge is 0.0412 e. The van der Waals surface area contributed by atoms with Gasteiger partial charge in [0.1, 0.15) is 0 Å². The standard InChI is InChI=1S/C15H20ClN/c1-3-14(12-6-8-17-9-7-12)15-10-13(16)5-4-11(15)2/h3-5,10,12,17H,6-9H2,1-2H3/b14-3-. The minimum absolute atomic E-state index is 0.679. The molecule has 17 heavy (non-hydrogen) atoms. The Labute approximate surface area is 109 Å². The van der Waals surface area contributed by atoms with E-state index in [2.05, 4.69) is 37.4 Å². The van der Waals surface area contributed by atoms with Gasteiger partial charge in [-0.25, -0.2) is 0 Å². The molecule has 1 aliphatic heterocycles. The molecular weight excluding hydrogens is 230 g/mol. The zero-order chi connectivity index (χ0) is 12.3. The number of nitrogens with one attached hydrogen (secondary N) is 1. The van der Waals surface area contributed by atoms with E-state index in [1.54, 1.807) is 0 Å². The highest BCUT2D eigenvalue weighted by atomic mass is 35.5. The average Bonchev–Trinajstić information content (AvgIpc) is 2.36. The summed E-state index contributed by atoms with van der Waals surface area (Å²) in [5.74, 6) is 0.679. The van der Waals surface area contributed by atoms with Crippen molar-refractivity contribution < 1.29 is 0 Å². The van der Waals surface area contributed by atoms with Crippen LogP contribution in [0.3, 0.4) is 0 Å². The van der Waals surface area contributed by atoms with Crippen LogP contribution in [0.1, 0.15) is 30.9 Å². The van der Waals surface area contributed by atoms with Gasteiger partial charge in [-0.3, -0.25) is 0 Å². The molecule has 1 N–H and O–H groups in total. The maximum Gasteiger partial charge on any atom is 0.0412 e. The molecule has 0 atom stereocenters. The Balaban J connectivity index is 2.31. The summed E-state index contributed by atoms with van der Waals surface area (Å²) in [5.41, 5.74) is 4.11. The molecule has 2 heteroatoms. The predicted octanol–water partition coefficient (Wildman–Crippen LogP) is 4.05. The lowest BCUT2D eigenvalue weighted by molar-refractivity contribution is 0.446. The van der Waals surface area contributed by atoms with Crippen molar-refractivity contribution in [3.8, 4) is 0 Å². The Morgan fingerprint density at radius 2 is 2.06 bits per heavy atom. The van der Waals surface area contributed by atoms with E-state index in [0.717, 1.165) is 18.1 Å². The van der Waals surface area contributed by atoms with Gasteiger partial charge in [-0.2, -0.15) is 0 Å². The Bertz CT molecular complexity index is 417. The highest BCUT2D eigenvalue weighted by Crippen LogP contribution is 2.33. The monoisotopic (exact) mass is 249 g/mol.